The summed E-state index contributed by atoms with van der Waals surface area (Å²) in [6, 6.07) is 12.9. The van der Waals surface area contributed by atoms with Gasteiger partial charge in [0.1, 0.15) is 0 Å². The van der Waals surface area contributed by atoms with Crippen LogP contribution in [0.5, 0.6) is 0 Å². The molecule has 2 rings (SSSR count). The smallest absolute Gasteiger partial charge is 0.0642 e. The molecule has 1 aromatic carbocycles. The number of unbranched alkanes of at least 4 members (excludes halogenated alkanes) is 1. The van der Waals surface area contributed by atoms with Crippen LogP contribution in [0.4, 0.5) is 0 Å². The maximum Gasteiger partial charge on any atom is 0.0642 e. The van der Waals surface area contributed by atoms with E-state index in [2.05, 4.69) is 67.0 Å². The lowest BCUT2D eigenvalue weighted by molar-refractivity contribution is 0.186. The second-order valence-electron chi connectivity index (χ2n) is 5.27. The summed E-state index contributed by atoms with van der Waals surface area (Å²) in [5.74, 6) is 0. The van der Waals surface area contributed by atoms with E-state index in [0.29, 0.717) is 0 Å². The van der Waals surface area contributed by atoms with Crippen LogP contribution in [-0.4, -0.2) is 18.3 Å². The molecule has 0 aliphatic rings. The minimum absolute atomic E-state index is 0.734. The average molecular weight is 283 g/mol. The Hall–Kier alpha value is -1.80. The van der Waals surface area contributed by atoms with Crippen molar-refractivity contribution in [3.8, 4) is 11.1 Å². The van der Waals surface area contributed by atoms with Crippen LogP contribution in [-0.2, 0) is 11.3 Å². The molecule has 2 nitrogen and oxygen atoms in total. The van der Waals surface area contributed by atoms with Crippen molar-refractivity contribution in [1.82, 2.24) is 4.57 Å². The summed E-state index contributed by atoms with van der Waals surface area (Å²) in [4.78, 5) is 0. The highest BCUT2D eigenvalue weighted by Gasteiger charge is 2.11. The average Bonchev–Trinajstić information content (AvgIpc) is 2.83. The zero-order chi connectivity index (χ0) is 15.1. The zero-order valence-electron chi connectivity index (χ0n) is 13.3. The fourth-order valence-electron chi connectivity index (χ4n) is 2.57. The Morgan fingerprint density at radius 2 is 1.95 bits per heavy atom. The molecule has 0 amide bonds. The topological polar surface area (TPSA) is 14.2 Å². The molecule has 1 aromatic heterocycles. The molecule has 0 bridgehead atoms. The minimum Gasteiger partial charge on any atom is -0.383 e. The van der Waals surface area contributed by atoms with Gasteiger partial charge in [0.05, 0.1) is 6.61 Å². The number of methoxy groups -OCH3 is 1. The third kappa shape index (κ3) is 3.85. The van der Waals surface area contributed by atoms with Crippen LogP contribution < -0.4 is 0 Å². The molecule has 0 aliphatic heterocycles. The van der Waals surface area contributed by atoms with E-state index in [9.17, 15) is 0 Å². The first-order valence-corrected chi connectivity index (χ1v) is 7.69. The molecular formula is C19H25NO. The van der Waals surface area contributed by atoms with E-state index in [1.165, 1.54) is 28.9 Å². The molecule has 0 unspecified atom stereocenters. The fraction of sp³-hybridized carbons (Fsp3) is 0.368. The predicted octanol–water partition coefficient (Wildman–Crippen LogP) is 4.92. The van der Waals surface area contributed by atoms with E-state index in [1.807, 2.05) is 0 Å². The molecular weight excluding hydrogens is 258 g/mol. The molecule has 21 heavy (non-hydrogen) atoms. The molecule has 2 aromatic rings. The summed E-state index contributed by atoms with van der Waals surface area (Å²) in [5, 5.41) is 0. The van der Waals surface area contributed by atoms with E-state index in [4.69, 9.17) is 4.74 Å². The molecule has 0 spiro atoms. The van der Waals surface area contributed by atoms with Gasteiger partial charge in [0.15, 0.2) is 0 Å². The van der Waals surface area contributed by atoms with Crippen molar-refractivity contribution in [2.75, 3.05) is 13.7 Å². The molecule has 2 heteroatoms. The largest absolute Gasteiger partial charge is 0.383 e. The monoisotopic (exact) mass is 283 g/mol. The van der Waals surface area contributed by atoms with Gasteiger partial charge < -0.3 is 9.30 Å². The number of nitrogens with zero attached hydrogens (tertiary/aromatic N) is 1. The van der Waals surface area contributed by atoms with Crippen LogP contribution in [0.3, 0.4) is 0 Å². The second kappa shape index (κ2) is 7.84. The summed E-state index contributed by atoms with van der Waals surface area (Å²) in [6.07, 6.45) is 6.79. The highest BCUT2D eigenvalue weighted by Crippen LogP contribution is 2.27. The lowest BCUT2D eigenvalue weighted by atomic mass is 10.1. The van der Waals surface area contributed by atoms with Gasteiger partial charge in [0.25, 0.3) is 0 Å². The second-order valence-corrected chi connectivity index (χ2v) is 5.27. The van der Waals surface area contributed by atoms with Crippen LogP contribution >= 0.6 is 0 Å². The molecule has 0 fully saturated rings. The maximum atomic E-state index is 5.25. The van der Waals surface area contributed by atoms with E-state index >= 15 is 0 Å². The standard InChI is InChI=1S/C19H25NO/c1-4-5-7-12-18-15-19(17-10-8-6-9-11-17)16(2)20(18)13-14-21-3/h6-12,15H,4-5,13-14H2,1-3H3/b12-7+. The summed E-state index contributed by atoms with van der Waals surface area (Å²) in [5.41, 5.74) is 5.14. The Kier molecular flexibility index (Phi) is 5.82. The molecule has 0 aliphatic carbocycles. The Labute approximate surface area is 128 Å². The van der Waals surface area contributed by atoms with Gasteiger partial charge in [-0.3, -0.25) is 0 Å². The van der Waals surface area contributed by atoms with Gasteiger partial charge in [0.2, 0.25) is 0 Å². The van der Waals surface area contributed by atoms with Gasteiger partial charge in [-0.05, 0) is 31.1 Å². The molecule has 0 radical (unpaired) electrons. The molecule has 0 saturated carbocycles. The van der Waals surface area contributed by atoms with E-state index in [-0.39, 0.29) is 0 Å². The van der Waals surface area contributed by atoms with Crippen LogP contribution in [0.2, 0.25) is 0 Å². The van der Waals surface area contributed by atoms with Gasteiger partial charge in [-0.2, -0.15) is 0 Å². The first-order chi connectivity index (χ1) is 10.3. The van der Waals surface area contributed by atoms with Crippen LogP contribution in [0.1, 0.15) is 31.2 Å². The fourth-order valence-corrected chi connectivity index (χ4v) is 2.57. The molecule has 0 N–H and O–H groups in total. The highest BCUT2D eigenvalue weighted by molar-refractivity contribution is 5.70. The van der Waals surface area contributed by atoms with Crippen molar-refractivity contribution in [2.45, 2.75) is 33.2 Å². The SMILES string of the molecule is CCC/C=C/c1cc(-c2ccccc2)c(C)n1CCOC. The number of hydrogen-bond acceptors (Lipinski definition) is 1. The summed E-state index contributed by atoms with van der Waals surface area (Å²) in [6.45, 7) is 6.02. The quantitative estimate of drug-likeness (QED) is 0.703. The van der Waals surface area contributed by atoms with E-state index < -0.39 is 0 Å². The Bertz CT molecular complexity index is 581. The van der Waals surface area contributed by atoms with Crippen molar-refractivity contribution in [3.63, 3.8) is 0 Å². The summed E-state index contributed by atoms with van der Waals surface area (Å²) in [7, 11) is 1.75. The summed E-state index contributed by atoms with van der Waals surface area (Å²) < 4.78 is 7.60. The van der Waals surface area contributed by atoms with Crippen LogP contribution in [0.25, 0.3) is 17.2 Å². The molecule has 0 atom stereocenters. The normalized spacial score (nSPS) is 11.4. The van der Waals surface area contributed by atoms with E-state index in [1.54, 1.807) is 7.11 Å². The molecule has 0 saturated heterocycles. The van der Waals surface area contributed by atoms with E-state index in [0.717, 1.165) is 19.6 Å². The lowest BCUT2D eigenvalue weighted by Gasteiger charge is -2.09. The lowest BCUT2D eigenvalue weighted by Crippen LogP contribution is -2.07. The van der Waals surface area contributed by atoms with Crippen molar-refractivity contribution in [2.24, 2.45) is 0 Å². The number of allylic oxidation sites excluding steroid dienone is 1. The Balaban J connectivity index is 2.38. The van der Waals surface area contributed by atoms with Gasteiger partial charge in [-0.25, -0.2) is 0 Å². The van der Waals surface area contributed by atoms with Crippen molar-refractivity contribution in [1.29, 1.82) is 0 Å². The summed E-state index contributed by atoms with van der Waals surface area (Å²) >= 11 is 0. The maximum absolute atomic E-state index is 5.25. The number of benzene rings is 1. The third-order valence-corrected chi connectivity index (χ3v) is 3.75. The van der Waals surface area contributed by atoms with Gasteiger partial charge in [0, 0.05) is 30.6 Å². The Morgan fingerprint density at radius 1 is 1.19 bits per heavy atom. The van der Waals surface area contributed by atoms with Gasteiger partial charge >= 0.3 is 0 Å². The zero-order valence-corrected chi connectivity index (χ0v) is 13.3. The molecule has 112 valence electrons. The number of rotatable bonds is 7. The first-order valence-electron chi connectivity index (χ1n) is 7.69. The number of ether oxygens (including phenoxy) is 1. The highest BCUT2D eigenvalue weighted by atomic mass is 16.5. The van der Waals surface area contributed by atoms with Gasteiger partial charge in [-0.1, -0.05) is 49.8 Å². The third-order valence-electron chi connectivity index (χ3n) is 3.75. The first kappa shape index (κ1) is 15.6. The van der Waals surface area contributed by atoms with Crippen molar-refractivity contribution < 1.29 is 4.74 Å². The van der Waals surface area contributed by atoms with Crippen LogP contribution in [0.15, 0.2) is 42.5 Å². The molecule has 1 heterocycles. The number of hydrogen-bond donors (Lipinski definition) is 0. The van der Waals surface area contributed by atoms with Crippen molar-refractivity contribution in [3.05, 3.63) is 53.9 Å². The van der Waals surface area contributed by atoms with Gasteiger partial charge in [-0.15, -0.1) is 0 Å². The Morgan fingerprint density at radius 3 is 2.62 bits per heavy atom. The van der Waals surface area contributed by atoms with Crippen molar-refractivity contribution >= 4 is 6.08 Å². The predicted molar refractivity (Wildman–Crippen MR) is 90.4 cm³/mol. The minimum atomic E-state index is 0.734. The van der Waals surface area contributed by atoms with Crippen LogP contribution in [0, 0.1) is 6.92 Å². The number of aromatic nitrogens is 1.